The predicted molar refractivity (Wildman–Crippen MR) is 152 cm³/mol. The molecule has 1 aliphatic heterocycles. The molecule has 4 aromatic rings. The number of para-hydroxylation sites is 1. The van der Waals surface area contributed by atoms with Gasteiger partial charge in [0.25, 0.3) is 5.89 Å². The first-order chi connectivity index (χ1) is 19.3. The molecule has 0 saturated heterocycles. The highest BCUT2D eigenvalue weighted by molar-refractivity contribution is 7.92. The van der Waals surface area contributed by atoms with Crippen molar-refractivity contribution in [3.8, 4) is 11.5 Å². The standard InChI is InChI=1S/C29H27ClF2N4O3S/c30-25-12-10-22(11-13-25)23-14-16-35(17-15-23)18-19-40(37,38)36(26-4-2-1-3-5-26)20-21-6-8-24(9-7-21)28-33-34-29(39-28)27(31)32/h1-14,27H,15-20H2. The summed E-state index contributed by atoms with van der Waals surface area (Å²) in [5.74, 6) is -0.808. The quantitative estimate of drug-likeness (QED) is 0.213. The molecule has 40 heavy (non-hydrogen) atoms. The van der Waals surface area contributed by atoms with Crippen LogP contribution in [-0.2, 0) is 16.6 Å². The van der Waals surface area contributed by atoms with E-state index in [4.69, 9.17) is 16.0 Å². The lowest BCUT2D eigenvalue weighted by Gasteiger charge is -2.29. The number of rotatable bonds is 10. The third-order valence-electron chi connectivity index (χ3n) is 6.71. The average molecular weight is 585 g/mol. The van der Waals surface area contributed by atoms with Crippen LogP contribution >= 0.6 is 11.6 Å². The maximum atomic E-state index is 13.6. The molecule has 0 amide bonds. The van der Waals surface area contributed by atoms with Crippen LogP contribution < -0.4 is 4.31 Å². The first-order valence-corrected chi connectivity index (χ1v) is 14.7. The minimum Gasteiger partial charge on any atom is -0.415 e. The van der Waals surface area contributed by atoms with E-state index in [9.17, 15) is 17.2 Å². The van der Waals surface area contributed by atoms with Gasteiger partial charge in [-0.3, -0.25) is 9.21 Å². The molecule has 3 aromatic carbocycles. The third-order valence-corrected chi connectivity index (χ3v) is 8.67. The van der Waals surface area contributed by atoms with Crippen molar-refractivity contribution in [2.45, 2.75) is 19.4 Å². The second-order valence-corrected chi connectivity index (χ2v) is 11.8. The third kappa shape index (κ3) is 6.75. The second-order valence-electron chi connectivity index (χ2n) is 9.39. The van der Waals surface area contributed by atoms with Gasteiger partial charge in [-0.25, -0.2) is 8.42 Å². The molecule has 0 spiro atoms. The molecule has 0 N–H and O–H groups in total. The molecule has 0 bridgehead atoms. The van der Waals surface area contributed by atoms with Gasteiger partial charge >= 0.3 is 6.43 Å². The molecule has 0 fully saturated rings. The molecule has 11 heteroatoms. The van der Waals surface area contributed by atoms with E-state index < -0.39 is 22.3 Å². The van der Waals surface area contributed by atoms with Crippen molar-refractivity contribution in [3.63, 3.8) is 0 Å². The summed E-state index contributed by atoms with van der Waals surface area (Å²) in [5.41, 5.74) is 4.11. The molecule has 1 aromatic heterocycles. The highest BCUT2D eigenvalue weighted by Crippen LogP contribution is 2.27. The van der Waals surface area contributed by atoms with Gasteiger partial charge in [0.2, 0.25) is 15.9 Å². The van der Waals surface area contributed by atoms with E-state index in [-0.39, 0.29) is 18.2 Å². The monoisotopic (exact) mass is 584 g/mol. The Morgan fingerprint density at radius 2 is 1.65 bits per heavy atom. The predicted octanol–water partition coefficient (Wildman–Crippen LogP) is 6.45. The highest BCUT2D eigenvalue weighted by atomic mass is 35.5. The summed E-state index contributed by atoms with van der Waals surface area (Å²) in [7, 11) is -3.68. The summed E-state index contributed by atoms with van der Waals surface area (Å²) in [6.07, 6.45) is 0.121. The van der Waals surface area contributed by atoms with Crippen LogP contribution in [0.3, 0.4) is 0 Å². The van der Waals surface area contributed by atoms with Gasteiger partial charge in [-0.15, -0.1) is 10.2 Å². The summed E-state index contributed by atoms with van der Waals surface area (Å²) in [6.45, 7) is 1.95. The maximum Gasteiger partial charge on any atom is 0.314 e. The van der Waals surface area contributed by atoms with Crippen LogP contribution in [0.2, 0.25) is 5.02 Å². The molecule has 0 aliphatic carbocycles. The van der Waals surface area contributed by atoms with Gasteiger partial charge in [-0.2, -0.15) is 8.78 Å². The lowest BCUT2D eigenvalue weighted by atomic mass is 10.00. The number of anilines is 1. The molecule has 0 unspecified atom stereocenters. The number of alkyl halides is 2. The van der Waals surface area contributed by atoms with Gasteiger partial charge < -0.3 is 4.42 Å². The summed E-state index contributed by atoms with van der Waals surface area (Å²) in [5, 5.41) is 7.71. The average Bonchev–Trinajstić information content (AvgIpc) is 3.47. The zero-order valence-electron chi connectivity index (χ0n) is 21.5. The molecule has 0 radical (unpaired) electrons. The van der Waals surface area contributed by atoms with Crippen molar-refractivity contribution >= 4 is 32.9 Å². The van der Waals surface area contributed by atoms with Crippen molar-refractivity contribution in [3.05, 3.63) is 107 Å². The number of aromatic nitrogens is 2. The van der Waals surface area contributed by atoms with E-state index in [0.29, 0.717) is 29.4 Å². The summed E-state index contributed by atoms with van der Waals surface area (Å²) < 4.78 is 59.2. The first-order valence-electron chi connectivity index (χ1n) is 12.7. The summed E-state index contributed by atoms with van der Waals surface area (Å²) >= 11 is 6.00. The largest absolute Gasteiger partial charge is 0.415 e. The number of benzene rings is 3. The highest BCUT2D eigenvalue weighted by Gasteiger charge is 2.25. The SMILES string of the molecule is O=S(=O)(CCN1CC=C(c2ccc(Cl)cc2)CC1)N(Cc1ccc(-c2nnc(C(F)F)o2)cc1)c1ccccc1. The van der Waals surface area contributed by atoms with E-state index in [1.165, 1.54) is 9.88 Å². The van der Waals surface area contributed by atoms with Gasteiger partial charge in [0.1, 0.15) is 0 Å². The number of hydrogen-bond acceptors (Lipinski definition) is 6. The van der Waals surface area contributed by atoms with Crippen molar-refractivity contribution in [2.75, 3.05) is 29.7 Å². The van der Waals surface area contributed by atoms with Crippen molar-refractivity contribution < 1.29 is 21.6 Å². The second kappa shape index (κ2) is 12.3. The van der Waals surface area contributed by atoms with E-state index >= 15 is 0 Å². The number of hydrogen-bond donors (Lipinski definition) is 0. The first kappa shape index (κ1) is 27.9. The van der Waals surface area contributed by atoms with Crippen LogP contribution in [0.25, 0.3) is 17.0 Å². The number of nitrogens with zero attached hydrogens (tertiary/aromatic N) is 4. The van der Waals surface area contributed by atoms with Gasteiger partial charge in [0.15, 0.2) is 0 Å². The Balaban J connectivity index is 1.27. The van der Waals surface area contributed by atoms with Gasteiger partial charge in [-0.1, -0.05) is 60.1 Å². The molecule has 5 rings (SSSR count). The van der Waals surface area contributed by atoms with Crippen molar-refractivity contribution in [2.24, 2.45) is 0 Å². The van der Waals surface area contributed by atoms with Gasteiger partial charge in [-0.05, 0) is 59.5 Å². The smallest absolute Gasteiger partial charge is 0.314 e. The maximum absolute atomic E-state index is 13.6. The van der Waals surface area contributed by atoms with Gasteiger partial charge in [0, 0.05) is 30.2 Å². The molecule has 208 valence electrons. The topological polar surface area (TPSA) is 79.5 Å². The fourth-order valence-electron chi connectivity index (χ4n) is 4.50. The zero-order chi connectivity index (χ0) is 28.1. The Morgan fingerprint density at radius 1 is 0.950 bits per heavy atom. The zero-order valence-corrected chi connectivity index (χ0v) is 23.0. The fourth-order valence-corrected chi connectivity index (χ4v) is 6.12. The Hall–Kier alpha value is -3.60. The van der Waals surface area contributed by atoms with Crippen molar-refractivity contribution in [1.29, 1.82) is 0 Å². The van der Waals surface area contributed by atoms with E-state index in [2.05, 4.69) is 21.2 Å². The number of halogens is 3. The molecule has 7 nitrogen and oxygen atoms in total. The van der Waals surface area contributed by atoms with Crippen LogP contribution in [0.15, 0.2) is 89.4 Å². The molecular weight excluding hydrogens is 558 g/mol. The molecule has 0 atom stereocenters. The van der Waals surface area contributed by atoms with Crippen LogP contribution in [0.1, 0.15) is 29.9 Å². The Labute approximate surface area is 236 Å². The van der Waals surface area contributed by atoms with Crippen LogP contribution in [0, 0.1) is 0 Å². The van der Waals surface area contributed by atoms with Crippen LogP contribution in [0.4, 0.5) is 14.5 Å². The Morgan fingerprint density at radius 3 is 2.27 bits per heavy atom. The summed E-state index contributed by atoms with van der Waals surface area (Å²) in [4.78, 5) is 2.13. The Kier molecular flexibility index (Phi) is 8.58. The molecule has 0 saturated carbocycles. The number of sulfonamides is 1. The normalized spacial score (nSPS) is 14.3. The van der Waals surface area contributed by atoms with Crippen LogP contribution in [-0.4, -0.2) is 48.9 Å². The van der Waals surface area contributed by atoms with E-state index in [0.717, 1.165) is 24.1 Å². The van der Waals surface area contributed by atoms with Gasteiger partial charge in [0.05, 0.1) is 18.0 Å². The molecule has 1 aliphatic rings. The fraction of sp³-hybridized carbons (Fsp3) is 0.241. The van der Waals surface area contributed by atoms with E-state index in [1.807, 2.05) is 30.3 Å². The lowest BCUT2D eigenvalue weighted by molar-refractivity contribution is 0.116. The minimum absolute atomic E-state index is 0.0239. The van der Waals surface area contributed by atoms with Crippen molar-refractivity contribution in [1.82, 2.24) is 15.1 Å². The molecular formula is C29H27ClF2N4O3S. The molecule has 2 heterocycles. The van der Waals surface area contributed by atoms with Crippen LogP contribution in [0.5, 0.6) is 0 Å². The summed E-state index contributed by atoms with van der Waals surface area (Å²) in [6, 6.07) is 23.4. The minimum atomic E-state index is -3.68. The lowest BCUT2D eigenvalue weighted by Crippen LogP contribution is -2.39. The van der Waals surface area contributed by atoms with E-state index in [1.54, 1.807) is 48.5 Å². The Bertz CT molecular complexity index is 1560.